The number of benzene rings is 2. The molecule has 0 bridgehead atoms. The average Bonchev–Trinajstić information content (AvgIpc) is 2.55. The van der Waals surface area contributed by atoms with Crippen molar-refractivity contribution in [3.05, 3.63) is 70.9 Å². The van der Waals surface area contributed by atoms with Gasteiger partial charge in [-0.15, -0.1) is 0 Å². The Bertz CT molecular complexity index is 900. The van der Waals surface area contributed by atoms with Crippen molar-refractivity contribution in [3.8, 4) is 6.07 Å². The fraction of sp³-hybridized carbons (Fsp3) is 0.0556. The SMILES string of the molecule is Cc1cc(Nc2ccc(C#N)cc2)nc(Nc2cccc(Cl)c2)n1. The van der Waals surface area contributed by atoms with Crippen molar-refractivity contribution in [2.75, 3.05) is 10.6 Å². The molecule has 0 atom stereocenters. The summed E-state index contributed by atoms with van der Waals surface area (Å²) in [4.78, 5) is 8.83. The van der Waals surface area contributed by atoms with Crippen molar-refractivity contribution < 1.29 is 0 Å². The monoisotopic (exact) mass is 335 g/mol. The molecule has 1 heterocycles. The highest BCUT2D eigenvalue weighted by Gasteiger charge is 2.04. The zero-order valence-electron chi connectivity index (χ0n) is 12.9. The van der Waals surface area contributed by atoms with E-state index in [9.17, 15) is 0 Å². The second-order valence-corrected chi connectivity index (χ2v) is 5.60. The van der Waals surface area contributed by atoms with Gasteiger partial charge in [0.2, 0.25) is 5.95 Å². The largest absolute Gasteiger partial charge is 0.340 e. The van der Waals surface area contributed by atoms with E-state index >= 15 is 0 Å². The van der Waals surface area contributed by atoms with Crippen LogP contribution in [0.25, 0.3) is 0 Å². The molecule has 2 N–H and O–H groups in total. The highest BCUT2D eigenvalue weighted by molar-refractivity contribution is 6.30. The second kappa shape index (κ2) is 6.99. The van der Waals surface area contributed by atoms with E-state index in [1.807, 2.05) is 43.3 Å². The molecular formula is C18H14ClN5. The van der Waals surface area contributed by atoms with Gasteiger partial charge in [-0.05, 0) is 49.4 Å². The number of hydrogen-bond donors (Lipinski definition) is 2. The Morgan fingerprint density at radius 3 is 2.46 bits per heavy atom. The first-order valence-electron chi connectivity index (χ1n) is 7.28. The van der Waals surface area contributed by atoms with Crippen LogP contribution in [0.2, 0.25) is 5.02 Å². The third-order valence-electron chi connectivity index (χ3n) is 3.22. The Hall–Kier alpha value is -3.10. The number of halogens is 1. The summed E-state index contributed by atoms with van der Waals surface area (Å²) in [5, 5.41) is 15.8. The number of nitrogens with zero attached hydrogens (tertiary/aromatic N) is 3. The Labute approximate surface area is 145 Å². The van der Waals surface area contributed by atoms with Crippen molar-refractivity contribution in [1.82, 2.24) is 9.97 Å². The number of anilines is 4. The molecule has 0 amide bonds. The van der Waals surface area contributed by atoms with Crippen LogP contribution in [0.4, 0.5) is 23.1 Å². The Kier molecular flexibility index (Phi) is 4.59. The molecule has 3 aromatic rings. The molecule has 118 valence electrons. The normalized spacial score (nSPS) is 10.0. The lowest BCUT2D eigenvalue weighted by Crippen LogP contribution is -2.02. The first-order chi connectivity index (χ1) is 11.6. The van der Waals surface area contributed by atoms with Gasteiger partial charge in [-0.25, -0.2) is 4.98 Å². The maximum absolute atomic E-state index is 8.84. The van der Waals surface area contributed by atoms with E-state index < -0.39 is 0 Å². The van der Waals surface area contributed by atoms with Gasteiger partial charge in [-0.3, -0.25) is 0 Å². The van der Waals surface area contributed by atoms with Gasteiger partial charge in [-0.1, -0.05) is 17.7 Å². The van der Waals surface area contributed by atoms with Crippen LogP contribution in [0.5, 0.6) is 0 Å². The Balaban J connectivity index is 1.81. The van der Waals surface area contributed by atoms with Crippen molar-refractivity contribution in [2.24, 2.45) is 0 Å². The minimum absolute atomic E-state index is 0.480. The van der Waals surface area contributed by atoms with Gasteiger partial charge in [0.05, 0.1) is 11.6 Å². The molecule has 5 nitrogen and oxygen atoms in total. The molecule has 2 aromatic carbocycles. The summed E-state index contributed by atoms with van der Waals surface area (Å²) in [5.74, 6) is 1.14. The molecular weight excluding hydrogens is 322 g/mol. The van der Waals surface area contributed by atoms with Gasteiger partial charge in [0.1, 0.15) is 5.82 Å². The van der Waals surface area contributed by atoms with Crippen LogP contribution in [0.1, 0.15) is 11.3 Å². The van der Waals surface area contributed by atoms with Gasteiger partial charge in [-0.2, -0.15) is 10.2 Å². The summed E-state index contributed by atoms with van der Waals surface area (Å²) in [5.41, 5.74) is 3.10. The third-order valence-corrected chi connectivity index (χ3v) is 3.46. The van der Waals surface area contributed by atoms with E-state index in [2.05, 4.69) is 26.7 Å². The molecule has 1 aromatic heterocycles. The summed E-state index contributed by atoms with van der Waals surface area (Å²) in [6.45, 7) is 1.90. The smallest absolute Gasteiger partial charge is 0.229 e. The van der Waals surface area contributed by atoms with Gasteiger partial charge in [0, 0.05) is 28.2 Å². The molecule has 0 fully saturated rings. The Morgan fingerprint density at radius 2 is 1.75 bits per heavy atom. The minimum Gasteiger partial charge on any atom is -0.340 e. The lowest BCUT2D eigenvalue weighted by molar-refractivity contribution is 1.11. The molecule has 24 heavy (non-hydrogen) atoms. The van der Waals surface area contributed by atoms with Crippen LogP contribution in [-0.2, 0) is 0 Å². The molecule has 0 aliphatic carbocycles. The molecule has 0 saturated carbocycles. The maximum Gasteiger partial charge on any atom is 0.229 e. The lowest BCUT2D eigenvalue weighted by atomic mass is 10.2. The highest BCUT2D eigenvalue weighted by atomic mass is 35.5. The number of hydrogen-bond acceptors (Lipinski definition) is 5. The standard InChI is InChI=1S/C18H14ClN5/c1-12-9-17(22-15-7-5-13(11-20)6-8-15)24-18(21-12)23-16-4-2-3-14(19)10-16/h2-10H,1H3,(H2,21,22,23,24). The van der Waals surface area contributed by atoms with Crippen LogP contribution in [0, 0.1) is 18.3 Å². The first-order valence-corrected chi connectivity index (χ1v) is 7.66. The van der Waals surface area contributed by atoms with Crippen molar-refractivity contribution in [1.29, 1.82) is 5.26 Å². The zero-order chi connectivity index (χ0) is 16.9. The van der Waals surface area contributed by atoms with E-state index in [1.165, 1.54) is 0 Å². The predicted molar refractivity (Wildman–Crippen MR) is 95.9 cm³/mol. The van der Waals surface area contributed by atoms with Gasteiger partial charge >= 0.3 is 0 Å². The van der Waals surface area contributed by atoms with Crippen molar-refractivity contribution in [2.45, 2.75) is 6.92 Å². The van der Waals surface area contributed by atoms with Crippen LogP contribution in [0.3, 0.4) is 0 Å². The fourth-order valence-electron chi connectivity index (χ4n) is 2.16. The number of aromatic nitrogens is 2. The van der Waals surface area contributed by atoms with E-state index in [1.54, 1.807) is 18.2 Å². The third kappa shape index (κ3) is 4.00. The molecule has 6 heteroatoms. The van der Waals surface area contributed by atoms with Crippen LogP contribution >= 0.6 is 11.6 Å². The minimum atomic E-state index is 0.480. The predicted octanol–water partition coefficient (Wildman–Crippen LogP) is 4.80. The van der Waals surface area contributed by atoms with Crippen LogP contribution in [0.15, 0.2) is 54.6 Å². The van der Waals surface area contributed by atoms with E-state index in [0.29, 0.717) is 22.4 Å². The summed E-state index contributed by atoms with van der Waals surface area (Å²) in [6.07, 6.45) is 0. The zero-order valence-corrected chi connectivity index (χ0v) is 13.7. The van der Waals surface area contributed by atoms with E-state index in [4.69, 9.17) is 16.9 Å². The molecule has 0 unspecified atom stereocenters. The van der Waals surface area contributed by atoms with Crippen LogP contribution < -0.4 is 10.6 Å². The first kappa shape index (κ1) is 15.8. The number of nitriles is 1. The summed E-state index contributed by atoms with van der Waals surface area (Å²) in [6, 6.07) is 18.5. The molecule has 0 radical (unpaired) electrons. The number of nitrogens with one attached hydrogen (secondary N) is 2. The van der Waals surface area contributed by atoms with Gasteiger partial charge in [0.25, 0.3) is 0 Å². The number of aryl methyl sites for hydroxylation is 1. The molecule has 3 rings (SSSR count). The molecule has 0 spiro atoms. The lowest BCUT2D eigenvalue weighted by Gasteiger charge is -2.10. The van der Waals surface area contributed by atoms with E-state index in [-0.39, 0.29) is 0 Å². The maximum atomic E-state index is 8.84. The quantitative estimate of drug-likeness (QED) is 0.716. The Morgan fingerprint density at radius 1 is 0.958 bits per heavy atom. The summed E-state index contributed by atoms with van der Waals surface area (Å²) < 4.78 is 0. The van der Waals surface area contributed by atoms with Crippen molar-refractivity contribution in [3.63, 3.8) is 0 Å². The number of rotatable bonds is 4. The van der Waals surface area contributed by atoms with Crippen LogP contribution in [-0.4, -0.2) is 9.97 Å². The van der Waals surface area contributed by atoms with Gasteiger partial charge in [0.15, 0.2) is 0 Å². The summed E-state index contributed by atoms with van der Waals surface area (Å²) >= 11 is 5.99. The molecule has 0 aliphatic rings. The van der Waals surface area contributed by atoms with Crippen molar-refractivity contribution >= 4 is 34.7 Å². The highest BCUT2D eigenvalue weighted by Crippen LogP contribution is 2.21. The second-order valence-electron chi connectivity index (χ2n) is 5.17. The fourth-order valence-corrected chi connectivity index (χ4v) is 2.35. The van der Waals surface area contributed by atoms with Gasteiger partial charge < -0.3 is 10.6 Å². The topological polar surface area (TPSA) is 73.6 Å². The van der Waals surface area contributed by atoms with E-state index in [0.717, 1.165) is 17.1 Å². The molecule has 0 aliphatic heterocycles. The molecule has 0 saturated heterocycles. The summed E-state index contributed by atoms with van der Waals surface area (Å²) in [7, 11) is 0. The average molecular weight is 336 g/mol.